The molecule has 1 saturated carbocycles. The lowest BCUT2D eigenvalue weighted by Crippen LogP contribution is -2.15. The summed E-state index contributed by atoms with van der Waals surface area (Å²) >= 11 is 0. The first kappa shape index (κ1) is 23.3. The van der Waals surface area contributed by atoms with E-state index in [0.717, 1.165) is 12.0 Å². The van der Waals surface area contributed by atoms with E-state index in [1.54, 1.807) is 0 Å². The Morgan fingerprint density at radius 3 is 2.39 bits per heavy atom. The van der Waals surface area contributed by atoms with E-state index in [-0.39, 0.29) is 0 Å². The van der Waals surface area contributed by atoms with Gasteiger partial charge in [-0.25, -0.2) is 9.97 Å². The number of nitriles is 1. The highest BCUT2D eigenvalue weighted by Crippen LogP contribution is 2.28. The van der Waals surface area contributed by atoms with Crippen molar-refractivity contribution in [3.05, 3.63) is 41.7 Å². The Morgan fingerprint density at radius 1 is 0.968 bits per heavy atom. The van der Waals surface area contributed by atoms with E-state index in [4.69, 9.17) is 4.74 Å². The lowest BCUT2D eigenvalue weighted by molar-refractivity contribution is 0.208. The highest BCUT2D eigenvalue weighted by Gasteiger charge is 2.15. The highest BCUT2D eigenvalue weighted by atomic mass is 16.5. The lowest BCUT2D eigenvalue weighted by Gasteiger charge is -2.22. The van der Waals surface area contributed by atoms with Crippen LogP contribution in [0.2, 0.25) is 0 Å². The van der Waals surface area contributed by atoms with E-state index < -0.39 is 0 Å². The molecule has 0 amide bonds. The van der Waals surface area contributed by atoms with Gasteiger partial charge in [-0.15, -0.1) is 0 Å². The zero-order valence-corrected chi connectivity index (χ0v) is 19.1. The first-order valence-corrected chi connectivity index (χ1v) is 12.3. The molecule has 4 heteroatoms. The topological polar surface area (TPSA) is 58.8 Å². The molecule has 0 aliphatic heterocycles. The Morgan fingerprint density at radius 2 is 1.68 bits per heavy atom. The molecule has 1 aliphatic carbocycles. The number of rotatable bonds is 12. The molecule has 1 fully saturated rings. The number of hydrogen-bond donors (Lipinski definition) is 0. The summed E-state index contributed by atoms with van der Waals surface area (Å²) in [6.45, 7) is 2.96. The molecule has 0 N–H and O–H groups in total. The quantitative estimate of drug-likeness (QED) is 0.339. The second-order valence-electron chi connectivity index (χ2n) is 8.92. The first-order valence-electron chi connectivity index (χ1n) is 12.3. The minimum absolute atomic E-state index is 0.559. The predicted molar refractivity (Wildman–Crippen MR) is 126 cm³/mol. The van der Waals surface area contributed by atoms with Gasteiger partial charge in [0.05, 0.1) is 12.2 Å². The van der Waals surface area contributed by atoms with Crippen molar-refractivity contribution in [2.75, 3.05) is 6.61 Å². The van der Waals surface area contributed by atoms with Crippen LogP contribution in [0.5, 0.6) is 5.75 Å². The van der Waals surface area contributed by atoms with Crippen LogP contribution in [0.4, 0.5) is 0 Å². The molecule has 31 heavy (non-hydrogen) atoms. The van der Waals surface area contributed by atoms with Crippen LogP contribution >= 0.6 is 0 Å². The maximum absolute atomic E-state index is 9.59. The number of nitrogens with zero attached hydrogens (tertiary/aromatic N) is 3. The molecule has 0 saturated heterocycles. The Labute approximate surface area is 188 Å². The molecule has 1 aromatic heterocycles. The van der Waals surface area contributed by atoms with Crippen molar-refractivity contribution in [3.8, 4) is 23.2 Å². The normalized spacial score (nSPS) is 14.3. The number of hydrogen-bond acceptors (Lipinski definition) is 4. The molecule has 166 valence electrons. The van der Waals surface area contributed by atoms with E-state index >= 15 is 0 Å². The fraction of sp³-hybridized carbons (Fsp3) is 0.593. The van der Waals surface area contributed by atoms with Gasteiger partial charge in [0, 0.05) is 18.0 Å². The maximum atomic E-state index is 9.59. The van der Waals surface area contributed by atoms with E-state index in [9.17, 15) is 5.26 Å². The van der Waals surface area contributed by atoms with Crippen molar-refractivity contribution in [1.82, 2.24) is 9.97 Å². The fourth-order valence-electron chi connectivity index (χ4n) is 4.36. The molecule has 0 unspecified atom stereocenters. The molecule has 3 rings (SSSR count). The number of ether oxygens (including phenoxy) is 1. The standard InChI is InChI=1S/C27H37N3O/c1-2-3-4-5-6-7-9-14-23-19-29-27(30-20-23)24-15-16-26(25(17-24)18-28)31-21-22-12-10-8-11-13-22/h15-17,19-20,22H,2-14,21H2,1H3. The third kappa shape index (κ3) is 7.65. The van der Waals surface area contributed by atoms with Crippen LogP contribution in [0, 0.1) is 17.2 Å². The zero-order valence-electron chi connectivity index (χ0n) is 19.1. The number of benzene rings is 1. The molecular formula is C27H37N3O. The smallest absolute Gasteiger partial charge is 0.159 e. The van der Waals surface area contributed by atoms with Crippen molar-refractivity contribution < 1.29 is 4.74 Å². The monoisotopic (exact) mass is 419 g/mol. The van der Waals surface area contributed by atoms with Gasteiger partial charge in [0.2, 0.25) is 0 Å². The predicted octanol–water partition coefficient (Wildman–Crippen LogP) is 7.27. The summed E-state index contributed by atoms with van der Waals surface area (Å²) in [4.78, 5) is 9.10. The minimum atomic E-state index is 0.559. The van der Waals surface area contributed by atoms with Crippen LogP contribution in [0.15, 0.2) is 30.6 Å². The summed E-state index contributed by atoms with van der Waals surface area (Å²) in [7, 11) is 0. The summed E-state index contributed by atoms with van der Waals surface area (Å²) in [6, 6.07) is 7.98. The molecule has 0 atom stereocenters. The van der Waals surface area contributed by atoms with Crippen LogP contribution < -0.4 is 4.74 Å². The SMILES string of the molecule is CCCCCCCCCc1cnc(-c2ccc(OCC3CCCCC3)c(C#N)c2)nc1. The Bertz CT molecular complexity index is 819. The van der Waals surface area contributed by atoms with Crippen molar-refractivity contribution in [3.63, 3.8) is 0 Å². The van der Waals surface area contributed by atoms with Crippen LogP contribution in [0.1, 0.15) is 95.1 Å². The molecule has 1 heterocycles. The van der Waals surface area contributed by atoms with Gasteiger partial charge >= 0.3 is 0 Å². The average Bonchev–Trinajstić information content (AvgIpc) is 2.83. The van der Waals surface area contributed by atoms with Gasteiger partial charge in [0.1, 0.15) is 11.8 Å². The third-order valence-electron chi connectivity index (χ3n) is 6.33. The van der Waals surface area contributed by atoms with Gasteiger partial charge in [0.15, 0.2) is 5.82 Å². The molecule has 0 radical (unpaired) electrons. The Balaban J connectivity index is 1.50. The maximum Gasteiger partial charge on any atom is 0.159 e. The summed E-state index contributed by atoms with van der Waals surface area (Å²) in [5.41, 5.74) is 2.61. The Kier molecular flexibility index (Phi) is 9.83. The van der Waals surface area contributed by atoms with E-state index in [1.165, 1.54) is 82.6 Å². The number of aryl methyl sites for hydroxylation is 1. The van der Waals surface area contributed by atoms with Gasteiger partial charge in [-0.2, -0.15) is 5.26 Å². The number of aromatic nitrogens is 2. The van der Waals surface area contributed by atoms with E-state index in [0.29, 0.717) is 29.7 Å². The van der Waals surface area contributed by atoms with Crippen molar-refractivity contribution in [1.29, 1.82) is 5.26 Å². The van der Waals surface area contributed by atoms with Crippen LogP contribution in [0.3, 0.4) is 0 Å². The molecule has 0 bridgehead atoms. The van der Waals surface area contributed by atoms with Crippen molar-refractivity contribution in [2.24, 2.45) is 5.92 Å². The van der Waals surface area contributed by atoms with E-state index in [2.05, 4.69) is 23.0 Å². The van der Waals surface area contributed by atoms with Gasteiger partial charge in [-0.1, -0.05) is 64.7 Å². The molecule has 1 aliphatic rings. The van der Waals surface area contributed by atoms with Gasteiger partial charge in [-0.05, 0) is 55.4 Å². The first-order chi connectivity index (χ1) is 15.3. The van der Waals surface area contributed by atoms with Crippen LogP contribution in [-0.2, 0) is 6.42 Å². The zero-order chi connectivity index (χ0) is 21.7. The minimum Gasteiger partial charge on any atom is -0.492 e. The van der Waals surface area contributed by atoms with Crippen molar-refractivity contribution in [2.45, 2.75) is 90.4 Å². The summed E-state index contributed by atoms with van der Waals surface area (Å²) < 4.78 is 6.00. The summed E-state index contributed by atoms with van der Waals surface area (Å²) in [5.74, 6) is 1.96. The second-order valence-corrected chi connectivity index (χ2v) is 8.92. The van der Waals surface area contributed by atoms with Crippen LogP contribution in [-0.4, -0.2) is 16.6 Å². The van der Waals surface area contributed by atoms with Gasteiger partial charge in [-0.3, -0.25) is 0 Å². The van der Waals surface area contributed by atoms with Crippen LogP contribution in [0.25, 0.3) is 11.4 Å². The molecule has 0 spiro atoms. The van der Waals surface area contributed by atoms with E-state index in [1.807, 2.05) is 30.6 Å². The van der Waals surface area contributed by atoms with Gasteiger partial charge < -0.3 is 4.74 Å². The van der Waals surface area contributed by atoms with Crippen molar-refractivity contribution >= 4 is 0 Å². The molecule has 4 nitrogen and oxygen atoms in total. The highest BCUT2D eigenvalue weighted by molar-refractivity contribution is 5.61. The molecule has 1 aromatic carbocycles. The Hall–Kier alpha value is -2.41. The summed E-state index contributed by atoms with van der Waals surface area (Å²) in [6.07, 6.45) is 20.5. The second kappa shape index (κ2) is 13.1. The van der Waals surface area contributed by atoms with Gasteiger partial charge in [0.25, 0.3) is 0 Å². The largest absolute Gasteiger partial charge is 0.492 e. The fourth-order valence-corrected chi connectivity index (χ4v) is 4.36. The lowest BCUT2D eigenvalue weighted by atomic mass is 9.90. The average molecular weight is 420 g/mol. The third-order valence-corrected chi connectivity index (χ3v) is 6.33. The molecular weight excluding hydrogens is 382 g/mol. The summed E-state index contributed by atoms with van der Waals surface area (Å²) in [5, 5.41) is 9.59. The number of unbranched alkanes of at least 4 members (excludes halogenated alkanes) is 6. The molecule has 2 aromatic rings.